The molecule has 1 aliphatic carbocycles. The molecule has 1 aliphatic rings. The van der Waals surface area contributed by atoms with E-state index in [-0.39, 0.29) is 17.4 Å². The normalized spacial score (nSPS) is 16.1. The van der Waals surface area contributed by atoms with Crippen molar-refractivity contribution in [3.05, 3.63) is 69.2 Å². The Morgan fingerprint density at radius 1 is 1.31 bits per heavy atom. The van der Waals surface area contributed by atoms with Gasteiger partial charge >= 0.3 is 0 Å². The highest BCUT2D eigenvalue weighted by atomic mass is 79.9. The van der Waals surface area contributed by atoms with E-state index in [0.717, 1.165) is 39.1 Å². The molecular formula is C20H18BrN3OS. The van der Waals surface area contributed by atoms with Crippen LogP contribution in [0.5, 0.6) is 0 Å². The average molecular weight is 428 g/mol. The van der Waals surface area contributed by atoms with Crippen molar-refractivity contribution in [2.45, 2.75) is 31.2 Å². The van der Waals surface area contributed by atoms with E-state index in [1.807, 2.05) is 48.7 Å². The summed E-state index contributed by atoms with van der Waals surface area (Å²) in [5, 5.41) is 6.07. The molecule has 4 rings (SSSR count). The monoisotopic (exact) mass is 427 g/mol. The van der Waals surface area contributed by atoms with Gasteiger partial charge in [0.1, 0.15) is 5.01 Å². The number of thiazole rings is 1. The first-order valence-electron chi connectivity index (χ1n) is 8.51. The molecule has 0 aliphatic heterocycles. The molecule has 2 heterocycles. The van der Waals surface area contributed by atoms with Gasteiger partial charge in [0.2, 0.25) is 5.91 Å². The molecule has 0 bridgehead atoms. The maximum absolute atomic E-state index is 12.9. The Hall–Kier alpha value is -2.05. The van der Waals surface area contributed by atoms with Gasteiger partial charge in [-0.1, -0.05) is 28.1 Å². The molecule has 1 saturated carbocycles. The number of nitrogens with zero attached hydrogens (tertiary/aromatic N) is 2. The second-order valence-electron chi connectivity index (χ2n) is 6.60. The van der Waals surface area contributed by atoms with Gasteiger partial charge in [0.15, 0.2) is 0 Å². The van der Waals surface area contributed by atoms with Crippen LogP contribution < -0.4 is 5.32 Å². The van der Waals surface area contributed by atoms with E-state index in [2.05, 4.69) is 31.2 Å². The average Bonchev–Trinajstić information content (AvgIpc) is 3.32. The summed E-state index contributed by atoms with van der Waals surface area (Å²) < 4.78 is 1.00. The Morgan fingerprint density at radius 2 is 2.15 bits per heavy atom. The first-order valence-corrected chi connectivity index (χ1v) is 10.2. The van der Waals surface area contributed by atoms with Gasteiger partial charge in [-0.15, -0.1) is 11.3 Å². The molecule has 26 heavy (non-hydrogen) atoms. The zero-order valence-electron chi connectivity index (χ0n) is 14.3. The number of pyridine rings is 1. The van der Waals surface area contributed by atoms with Gasteiger partial charge in [-0.25, -0.2) is 4.98 Å². The molecule has 3 aromatic rings. The van der Waals surface area contributed by atoms with Gasteiger partial charge in [0.25, 0.3) is 0 Å². The maximum atomic E-state index is 12.9. The summed E-state index contributed by atoms with van der Waals surface area (Å²) in [6.45, 7) is 1.99. The van der Waals surface area contributed by atoms with Crippen LogP contribution in [-0.2, 0) is 10.2 Å². The Labute approximate surface area is 164 Å². The van der Waals surface area contributed by atoms with Crippen LogP contribution >= 0.6 is 27.3 Å². The fourth-order valence-corrected chi connectivity index (χ4v) is 4.32. The number of hydrogen-bond donors (Lipinski definition) is 1. The van der Waals surface area contributed by atoms with Gasteiger partial charge in [-0.05, 0) is 49.6 Å². The third-order valence-corrected chi connectivity index (χ3v) is 6.28. The summed E-state index contributed by atoms with van der Waals surface area (Å²) in [5.74, 6) is 0.0845. The van der Waals surface area contributed by atoms with Gasteiger partial charge in [-0.3, -0.25) is 9.78 Å². The summed E-state index contributed by atoms with van der Waals surface area (Å²) in [6.07, 6.45) is 5.33. The Bertz CT molecular complexity index is 937. The van der Waals surface area contributed by atoms with Crippen molar-refractivity contribution in [2.24, 2.45) is 0 Å². The Balaban J connectivity index is 1.49. The summed E-state index contributed by atoms with van der Waals surface area (Å²) in [4.78, 5) is 21.8. The van der Waals surface area contributed by atoms with Crippen LogP contribution in [0.2, 0.25) is 0 Å². The fraction of sp³-hybridized carbons (Fsp3) is 0.250. The Kier molecular flexibility index (Phi) is 4.63. The number of aromatic nitrogens is 2. The fourth-order valence-electron chi connectivity index (χ4n) is 3.09. The van der Waals surface area contributed by atoms with Crippen molar-refractivity contribution >= 4 is 33.2 Å². The van der Waals surface area contributed by atoms with Crippen LogP contribution in [0.1, 0.15) is 36.4 Å². The molecule has 0 saturated heterocycles. The molecule has 1 fully saturated rings. The van der Waals surface area contributed by atoms with E-state index < -0.39 is 0 Å². The van der Waals surface area contributed by atoms with E-state index in [1.165, 1.54) is 0 Å². The quantitative estimate of drug-likeness (QED) is 0.631. The number of carbonyl (C=O) groups excluding carboxylic acids is 1. The molecule has 1 unspecified atom stereocenters. The standard InChI is InChI=1S/C20H18BrN3OS/c1-13(18-24-17(12-26-18)14-4-3-9-22-11-14)23-19(25)20(7-8-20)15-5-2-6-16(21)10-15/h2-6,9-13H,7-8H2,1H3,(H,23,25). The number of halogens is 1. The summed E-state index contributed by atoms with van der Waals surface area (Å²) in [7, 11) is 0. The second kappa shape index (κ2) is 6.93. The summed E-state index contributed by atoms with van der Waals surface area (Å²) >= 11 is 5.06. The van der Waals surface area contributed by atoms with Crippen molar-refractivity contribution < 1.29 is 4.79 Å². The van der Waals surface area contributed by atoms with Gasteiger partial charge in [0, 0.05) is 27.8 Å². The third kappa shape index (κ3) is 3.31. The molecule has 2 aromatic heterocycles. The van der Waals surface area contributed by atoms with Gasteiger partial charge in [0.05, 0.1) is 17.2 Å². The highest BCUT2D eigenvalue weighted by molar-refractivity contribution is 9.10. The number of amides is 1. The van der Waals surface area contributed by atoms with Crippen molar-refractivity contribution in [2.75, 3.05) is 0 Å². The first-order chi connectivity index (χ1) is 12.6. The molecular weight excluding hydrogens is 410 g/mol. The van der Waals surface area contributed by atoms with Crippen molar-refractivity contribution in [1.29, 1.82) is 0 Å². The second-order valence-corrected chi connectivity index (χ2v) is 8.41. The van der Waals surface area contributed by atoms with Crippen molar-refractivity contribution in [1.82, 2.24) is 15.3 Å². The highest BCUT2D eigenvalue weighted by Crippen LogP contribution is 2.49. The van der Waals surface area contributed by atoms with Crippen molar-refractivity contribution in [3.63, 3.8) is 0 Å². The van der Waals surface area contributed by atoms with E-state index in [4.69, 9.17) is 0 Å². The predicted octanol–water partition coefficient (Wildman–Crippen LogP) is 4.88. The molecule has 1 aromatic carbocycles. The minimum absolute atomic E-state index is 0.0845. The van der Waals surface area contributed by atoms with E-state index in [1.54, 1.807) is 23.7 Å². The van der Waals surface area contributed by atoms with Crippen LogP contribution in [0.4, 0.5) is 0 Å². The van der Waals surface area contributed by atoms with Crippen molar-refractivity contribution in [3.8, 4) is 11.3 Å². The summed E-state index contributed by atoms with van der Waals surface area (Å²) in [5.41, 5.74) is 2.57. The first kappa shape index (κ1) is 17.4. The van der Waals surface area contributed by atoms with Gasteiger partial charge in [-0.2, -0.15) is 0 Å². The molecule has 132 valence electrons. The number of benzene rings is 1. The maximum Gasteiger partial charge on any atom is 0.231 e. The van der Waals surface area contributed by atoms with E-state index >= 15 is 0 Å². The minimum Gasteiger partial charge on any atom is -0.346 e. The van der Waals surface area contributed by atoms with Crippen LogP contribution in [0.3, 0.4) is 0 Å². The van der Waals surface area contributed by atoms with Gasteiger partial charge < -0.3 is 5.32 Å². The lowest BCUT2D eigenvalue weighted by Gasteiger charge is -2.19. The molecule has 0 spiro atoms. The zero-order valence-corrected chi connectivity index (χ0v) is 16.7. The van der Waals surface area contributed by atoms with Crippen LogP contribution in [0, 0.1) is 0 Å². The minimum atomic E-state index is -0.387. The highest BCUT2D eigenvalue weighted by Gasteiger charge is 2.51. The van der Waals surface area contributed by atoms with Crippen LogP contribution in [0.25, 0.3) is 11.3 Å². The van der Waals surface area contributed by atoms with Crippen LogP contribution in [0.15, 0.2) is 58.6 Å². The smallest absolute Gasteiger partial charge is 0.231 e. The summed E-state index contributed by atoms with van der Waals surface area (Å²) in [6, 6.07) is 11.8. The molecule has 4 nitrogen and oxygen atoms in total. The SMILES string of the molecule is CC(NC(=O)C1(c2cccc(Br)c2)CC1)c1nc(-c2cccnc2)cs1. The van der Waals surface area contributed by atoms with E-state index in [0.29, 0.717) is 0 Å². The third-order valence-electron chi connectivity index (χ3n) is 4.76. The number of rotatable bonds is 5. The zero-order chi connectivity index (χ0) is 18.1. The number of carbonyl (C=O) groups is 1. The molecule has 1 amide bonds. The molecule has 1 atom stereocenters. The largest absolute Gasteiger partial charge is 0.346 e. The Morgan fingerprint density at radius 3 is 2.85 bits per heavy atom. The topological polar surface area (TPSA) is 54.9 Å². The number of nitrogens with one attached hydrogen (secondary N) is 1. The number of hydrogen-bond acceptors (Lipinski definition) is 4. The predicted molar refractivity (Wildman–Crippen MR) is 107 cm³/mol. The molecule has 0 radical (unpaired) electrons. The van der Waals surface area contributed by atoms with E-state index in [9.17, 15) is 4.79 Å². The lowest BCUT2D eigenvalue weighted by atomic mass is 9.95. The molecule has 6 heteroatoms. The lowest BCUT2D eigenvalue weighted by molar-refractivity contribution is -0.124. The molecule has 1 N–H and O–H groups in total. The lowest BCUT2D eigenvalue weighted by Crippen LogP contribution is -2.36. The van der Waals surface area contributed by atoms with Crippen LogP contribution in [-0.4, -0.2) is 15.9 Å².